The molecule has 0 spiro atoms. The Morgan fingerprint density at radius 1 is 1.29 bits per heavy atom. The van der Waals surface area contributed by atoms with Gasteiger partial charge in [0.25, 0.3) is 5.91 Å². The molecule has 5 heteroatoms. The molecule has 4 nitrogen and oxygen atoms in total. The number of nitrogen functional groups attached to an aromatic ring is 1. The second-order valence-corrected chi connectivity index (χ2v) is 5.41. The molecule has 0 aliphatic rings. The van der Waals surface area contributed by atoms with Crippen molar-refractivity contribution in [1.29, 1.82) is 0 Å². The highest BCUT2D eigenvalue weighted by atomic mass is 32.2. The van der Waals surface area contributed by atoms with Gasteiger partial charge in [0.2, 0.25) is 0 Å². The SMILES string of the molecule is CSc1ccccc1NC(=O)COc1ccc(N)cc1C. The summed E-state index contributed by atoms with van der Waals surface area (Å²) in [6.45, 7) is 1.86. The number of amides is 1. The zero-order valence-electron chi connectivity index (χ0n) is 12.1. The molecule has 0 saturated heterocycles. The predicted molar refractivity (Wildman–Crippen MR) is 87.9 cm³/mol. The van der Waals surface area contributed by atoms with Gasteiger partial charge in [-0.3, -0.25) is 4.79 Å². The largest absolute Gasteiger partial charge is 0.483 e. The topological polar surface area (TPSA) is 64.3 Å². The monoisotopic (exact) mass is 302 g/mol. The van der Waals surface area contributed by atoms with E-state index in [0.29, 0.717) is 11.4 Å². The van der Waals surface area contributed by atoms with Gasteiger partial charge < -0.3 is 15.8 Å². The van der Waals surface area contributed by atoms with Crippen molar-refractivity contribution in [1.82, 2.24) is 0 Å². The van der Waals surface area contributed by atoms with Gasteiger partial charge >= 0.3 is 0 Å². The summed E-state index contributed by atoms with van der Waals surface area (Å²) in [6, 6.07) is 13.0. The van der Waals surface area contributed by atoms with Crippen LogP contribution in [0.4, 0.5) is 11.4 Å². The van der Waals surface area contributed by atoms with Crippen LogP contribution in [0.1, 0.15) is 5.56 Å². The number of ether oxygens (including phenoxy) is 1. The van der Waals surface area contributed by atoms with Crippen LogP contribution in [0.5, 0.6) is 5.75 Å². The Bertz CT molecular complexity index is 644. The number of nitrogens with two attached hydrogens (primary N) is 1. The molecule has 0 aromatic heterocycles. The van der Waals surface area contributed by atoms with Gasteiger partial charge in [-0.2, -0.15) is 0 Å². The summed E-state index contributed by atoms with van der Waals surface area (Å²) >= 11 is 1.59. The highest BCUT2D eigenvalue weighted by Crippen LogP contribution is 2.24. The molecule has 0 aliphatic heterocycles. The Balaban J connectivity index is 1.96. The molecule has 2 aromatic rings. The fourth-order valence-corrected chi connectivity index (χ4v) is 2.47. The zero-order valence-corrected chi connectivity index (χ0v) is 12.9. The first-order valence-electron chi connectivity index (χ1n) is 6.52. The standard InChI is InChI=1S/C16H18N2O2S/c1-11-9-12(17)7-8-14(11)20-10-16(19)18-13-5-3-4-6-15(13)21-2/h3-9H,10,17H2,1-2H3,(H,18,19). The molecule has 0 radical (unpaired) electrons. The molecule has 0 saturated carbocycles. The zero-order chi connectivity index (χ0) is 15.2. The third-order valence-electron chi connectivity index (χ3n) is 2.94. The third kappa shape index (κ3) is 4.16. The summed E-state index contributed by atoms with van der Waals surface area (Å²) in [7, 11) is 0. The molecule has 0 fully saturated rings. The maximum atomic E-state index is 12.0. The minimum Gasteiger partial charge on any atom is -0.483 e. The first-order chi connectivity index (χ1) is 10.1. The van der Waals surface area contributed by atoms with Crippen molar-refractivity contribution >= 4 is 29.0 Å². The van der Waals surface area contributed by atoms with Crippen LogP contribution in [-0.2, 0) is 4.79 Å². The van der Waals surface area contributed by atoms with E-state index in [1.54, 1.807) is 23.9 Å². The van der Waals surface area contributed by atoms with Gasteiger partial charge in [0.05, 0.1) is 5.69 Å². The van der Waals surface area contributed by atoms with Crippen LogP contribution in [0.25, 0.3) is 0 Å². The van der Waals surface area contributed by atoms with E-state index >= 15 is 0 Å². The summed E-state index contributed by atoms with van der Waals surface area (Å²) in [6.07, 6.45) is 1.97. The smallest absolute Gasteiger partial charge is 0.262 e. The Morgan fingerprint density at radius 3 is 2.76 bits per heavy atom. The van der Waals surface area contributed by atoms with Gasteiger partial charge in [-0.15, -0.1) is 11.8 Å². The van der Waals surface area contributed by atoms with Gasteiger partial charge in [-0.25, -0.2) is 0 Å². The number of hydrogen-bond acceptors (Lipinski definition) is 4. The molecule has 0 aliphatic carbocycles. The lowest BCUT2D eigenvalue weighted by Crippen LogP contribution is -2.20. The molecule has 1 amide bonds. The van der Waals surface area contributed by atoms with Crippen molar-refractivity contribution in [3.8, 4) is 5.75 Å². The highest BCUT2D eigenvalue weighted by Gasteiger charge is 2.08. The lowest BCUT2D eigenvalue weighted by molar-refractivity contribution is -0.118. The number of carbonyl (C=O) groups excluding carboxylic acids is 1. The Hall–Kier alpha value is -2.14. The quantitative estimate of drug-likeness (QED) is 0.657. The van der Waals surface area contributed by atoms with Crippen LogP contribution in [-0.4, -0.2) is 18.8 Å². The number of hydrogen-bond donors (Lipinski definition) is 2. The van der Waals surface area contributed by atoms with Gasteiger partial charge in [0.1, 0.15) is 5.75 Å². The van der Waals surface area contributed by atoms with E-state index in [1.165, 1.54) is 0 Å². The maximum absolute atomic E-state index is 12.0. The second-order valence-electron chi connectivity index (χ2n) is 4.56. The number of rotatable bonds is 5. The molecule has 2 aromatic carbocycles. The van der Waals surface area contributed by atoms with E-state index in [9.17, 15) is 4.79 Å². The molecule has 2 rings (SSSR count). The van der Waals surface area contributed by atoms with Gasteiger partial charge in [0.15, 0.2) is 6.61 Å². The first-order valence-corrected chi connectivity index (χ1v) is 7.74. The number of benzene rings is 2. The Kier molecular flexibility index (Phi) is 5.11. The van der Waals surface area contributed by atoms with Gasteiger partial charge in [-0.1, -0.05) is 12.1 Å². The van der Waals surface area contributed by atoms with Gasteiger partial charge in [0, 0.05) is 10.6 Å². The Morgan fingerprint density at radius 2 is 2.05 bits per heavy atom. The molecular formula is C16H18N2O2S. The summed E-state index contributed by atoms with van der Waals surface area (Å²) < 4.78 is 5.52. The van der Waals surface area contributed by atoms with E-state index in [0.717, 1.165) is 16.1 Å². The maximum Gasteiger partial charge on any atom is 0.262 e. The molecule has 0 atom stereocenters. The molecule has 0 bridgehead atoms. The fraction of sp³-hybridized carbons (Fsp3) is 0.188. The van der Waals surface area contributed by atoms with E-state index in [4.69, 9.17) is 10.5 Å². The first kappa shape index (κ1) is 15.3. The molecule has 3 N–H and O–H groups in total. The third-order valence-corrected chi connectivity index (χ3v) is 3.73. The highest BCUT2D eigenvalue weighted by molar-refractivity contribution is 7.98. The van der Waals surface area contributed by atoms with Crippen molar-refractivity contribution in [3.05, 3.63) is 48.0 Å². The predicted octanol–water partition coefficient (Wildman–Crippen LogP) is 3.32. The number of carbonyl (C=O) groups is 1. The van der Waals surface area contributed by atoms with Crippen molar-refractivity contribution in [2.24, 2.45) is 0 Å². The summed E-state index contributed by atoms with van der Waals surface area (Å²) in [5.74, 6) is 0.477. The van der Waals surface area contributed by atoms with Crippen LogP contribution in [0, 0.1) is 6.92 Å². The van der Waals surface area contributed by atoms with Crippen LogP contribution in [0.15, 0.2) is 47.4 Å². The average molecular weight is 302 g/mol. The van der Waals surface area contributed by atoms with Crippen LogP contribution >= 0.6 is 11.8 Å². The Labute approximate surface area is 128 Å². The second kappa shape index (κ2) is 7.04. The number of nitrogens with one attached hydrogen (secondary N) is 1. The molecule has 0 heterocycles. The summed E-state index contributed by atoms with van der Waals surface area (Å²) in [4.78, 5) is 13.0. The van der Waals surface area contributed by atoms with E-state index < -0.39 is 0 Å². The number of para-hydroxylation sites is 1. The van der Waals surface area contributed by atoms with Crippen molar-refractivity contribution in [3.63, 3.8) is 0 Å². The molecule has 0 unspecified atom stereocenters. The van der Waals surface area contributed by atoms with E-state index in [-0.39, 0.29) is 12.5 Å². The lowest BCUT2D eigenvalue weighted by Gasteiger charge is -2.11. The van der Waals surface area contributed by atoms with Crippen LogP contribution < -0.4 is 15.8 Å². The van der Waals surface area contributed by atoms with E-state index in [2.05, 4.69) is 5.32 Å². The molecule has 110 valence electrons. The fourth-order valence-electron chi connectivity index (χ4n) is 1.91. The average Bonchev–Trinajstić information content (AvgIpc) is 2.47. The number of anilines is 2. The minimum absolute atomic E-state index is 0.0343. The molecular weight excluding hydrogens is 284 g/mol. The van der Waals surface area contributed by atoms with Crippen LogP contribution in [0.2, 0.25) is 0 Å². The van der Waals surface area contributed by atoms with Gasteiger partial charge in [-0.05, 0) is 49.1 Å². The van der Waals surface area contributed by atoms with Crippen molar-refractivity contribution in [2.45, 2.75) is 11.8 Å². The molecule has 21 heavy (non-hydrogen) atoms. The van der Waals surface area contributed by atoms with Crippen molar-refractivity contribution in [2.75, 3.05) is 23.9 Å². The lowest BCUT2D eigenvalue weighted by atomic mass is 10.2. The van der Waals surface area contributed by atoms with Crippen LogP contribution in [0.3, 0.4) is 0 Å². The minimum atomic E-state index is -0.187. The van der Waals surface area contributed by atoms with E-state index in [1.807, 2.05) is 43.5 Å². The summed E-state index contributed by atoms with van der Waals surface area (Å²) in [5.41, 5.74) is 8.07. The summed E-state index contributed by atoms with van der Waals surface area (Å²) in [5, 5.41) is 2.85. The normalized spacial score (nSPS) is 10.2. The number of aryl methyl sites for hydroxylation is 1. The number of thioether (sulfide) groups is 1. The van der Waals surface area contributed by atoms with Crippen molar-refractivity contribution < 1.29 is 9.53 Å².